The third-order valence-electron chi connectivity index (χ3n) is 4.89. The number of rotatable bonds is 7. The van der Waals surface area contributed by atoms with Gasteiger partial charge in [0, 0.05) is 23.1 Å². The molecular weight excluding hydrogens is 469 g/mol. The molecule has 0 aliphatic carbocycles. The fourth-order valence-electron chi connectivity index (χ4n) is 3.22. The smallest absolute Gasteiger partial charge is 0.421 e. The molecule has 4 N–H and O–H groups in total. The number of benzene rings is 2. The molecule has 1 amide bonds. The maximum Gasteiger partial charge on any atom is 0.421 e. The summed E-state index contributed by atoms with van der Waals surface area (Å²) < 4.78 is 46.2. The topological polar surface area (TPSA) is 121 Å². The number of hydrogen-bond donors (Lipinski definition) is 4. The maximum atomic E-state index is 13.6. The zero-order chi connectivity index (χ0) is 25.2. The molecule has 10 nitrogen and oxygen atoms in total. The highest BCUT2D eigenvalue weighted by molar-refractivity contribution is 5.99. The molecule has 0 spiro atoms. The molecule has 0 radical (unpaired) electrons. The lowest BCUT2D eigenvalue weighted by molar-refractivity contribution is -0.137. The van der Waals surface area contributed by atoms with Gasteiger partial charge in [-0.1, -0.05) is 12.6 Å². The first-order chi connectivity index (χ1) is 16.7. The molecule has 0 saturated carbocycles. The molecule has 13 heteroatoms. The third-order valence-corrected chi connectivity index (χ3v) is 4.89. The van der Waals surface area contributed by atoms with Crippen molar-refractivity contribution < 1.29 is 32.7 Å². The summed E-state index contributed by atoms with van der Waals surface area (Å²) in [6.45, 7) is 3.52. The summed E-state index contributed by atoms with van der Waals surface area (Å²) in [4.78, 5) is 24.3. The summed E-state index contributed by atoms with van der Waals surface area (Å²) >= 11 is 0. The molecule has 1 aromatic heterocycles. The number of hydrogen-bond acceptors (Lipinski definition) is 9. The van der Waals surface area contributed by atoms with Crippen LogP contribution in [-0.2, 0) is 22.4 Å². The lowest BCUT2D eigenvalue weighted by Crippen LogP contribution is -2.13. The van der Waals surface area contributed by atoms with Gasteiger partial charge in [-0.05, 0) is 36.4 Å². The molecule has 0 fully saturated rings. The van der Waals surface area contributed by atoms with E-state index in [1.54, 1.807) is 18.2 Å². The second kappa shape index (κ2) is 9.48. The Hall–Kier alpha value is -4.36. The molecule has 3 aromatic rings. The van der Waals surface area contributed by atoms with Gasteiger partial charge in [-0.25, -0.2) is 9.82 Å². The van der Waals surface area contributed by atoms with E-state index in [4.69, 9.17) is 9.57 Å². The molecule has 0 saturated heterocycles. The summed E-state index contributed by atoms with van der Waals surface area (Å²) in [6, 6.07) is 9.20. The van der Waals surface area contributed by atoms with Crippen LogP contribution in [0.2, 0.25) is 0 Å². The van der Waals surface area contributed by atoms with E-state index in [0.29, 0.717) is 39.8 Å². The van der Waals surface area contributed by atoms with Crippen LogP contribution >= 0.6 is 0 Å². The highest BCUT2D eigenvalue weighted by Crippen LogP contribution is 2.37. The van der Waals surface area contributed by atoms with Gasteiger partial charge in [0.1, 0.15) is 29.4 Å². The van der Waals surface area contributed by atoms with E-state index in [-0.39, 0.29) is 18.2 Å². The zero-order valence-corrected chi connectivity index (χ0v) is 18.2. The molecule has 2 heterocycles. The van der Waals surface area contributed by atoms with Crippen molar-refractivity contribution in [1.29, 1.82) is 0 Å². The number of nitrogens with zero attached hydrogens (tertiary/aromatic N) is 3. The van der Waals surface area contributed by atoms with E-state index in [2.05, 4.69) is 32.5 Å². The molecule has 0 bridgehead atoms. The fraction of sp³-hybridized carbons (Fsp3) is 0.136. The van der Waals surface area contributed by atoms with Crippen LogP contribution in [0.1, 0.15) is 11.1 Å². The van der Waals surface area contributed by atoms with Crippen LogP contribution in [0, 0.1) is 0 Å². The third kappa shape index (κ3) is 5.26. The van der Waals surface area contributed by atoms with Gasteiger partial charge in [-0.15, -0.1) is 5.23 Å². The minimum absolute atomic E-state index is 0.135. The van der Waals surface area contributed by atoms with Crippen molar-refractivity contribution in [2.45, 2.75) is 12.8 Å². The number of aromatic nitrogens is 2. The van der Waals surface area contributed by atoms with Crippen molar-refractivity contribution in [2.75, 3.05) is 28.3 Å². The van der Waals surface area contributed by atoms with Gasteiger partial charge in [-0.3, -0.25) is 10.0 Å². The van der Waals surface area contributed by atoms with Crippen LogP contribution in [0.5, 0.6) is 5.75 Å². The van der Waals surface area contributed by atoms with Crippen molar-refractivity contribution >= 4 is 40.4 Å². The number of fused-ring (bicyclic) bond motifs is 1. The number of ether oxygens (including phenoxy) is 1. The van der Waals surface area contributed by atoms with Gasteiger partial charge < -0.3 is 20.7 Å². The summed E-state index contributed by atoms with van der Waals surface area (Å²) in [5.41, 5.74) is 0.770. The number of methoxy groups -OCH3 is 1. The largest absolute Gasteiger partial charge is 0.495 e. The molecule has 2 aromatic carbocycles. The average Bonchev–Trinajstić information content (AvgIpc) is 3.18. The average molecular weight is 488 g/mol. The highest BCUT2D eigenvalue weighted by atomic mass is 19.4. The SMILES string of the molecule is C=CC(=O)Nc1ccc(OC)c(Nc2ncc(C(F)(F)F)c(Nc3ccc4c(c3)N(O)OC4)n2)c1. The quantitative estimate of drug-likeness (QED) is 0.349. The number of amides is 1. The Morgan fingerprint density at radius 2 is 2.00 bits per heavy atom. The normalized spacial score (nSPS) is 12.7. The van der Waals surface area contributed by atoms with E-state index in [0.717, 1.165) is 6.08 Å². The Morgan fingerprint density at radius 1 is 1.23 bits per heavy atom. The van der Waals surface area contributed by atoms with Gasteiger partial charge in [0.2, 0.25) is 11.9 Å². The minimum atomic E-state index is -4.74. The zero-order valence-electron chi connectivity index (χ0n) is 18.2. The van der Waals surface area contributed by atoms with Crippen molar-refractivity contribution in [2.24, 2.45) is 0 Å². The van der Waals surface area contributed by atoms with Gasteiger partial charge in [0.25, 0.3) is 0 Å². The molecule has 1 aliphatic rings. The van der Waals surface area contributed by atoms with E-state index < -0.39 is 23.5 Å². The van der Waals surface area contributed by atoms with Crippen LogP contribution in [0.15, 0.2) is 55.3 Å². The van der Waals surface area contributed by atoms with Gasteiger partial charge in [-0.2, -0.15) is 18.2 Å². The van der Waals surface area contributed by atoms with Crippen LogP contribution < -0.4 is 25.9 Å². The maximum absolute atomic E-state index is 13.6. The number of carbonyl (C=O) groups excluding carboxylic acids is 1. The molecule has 182 valence electrons. The lowest BCUT2D eigenvalue weighted by Gasteiger charge is -2.17. The minimum Gasteiger partial charge on any atom is -0.495 e. The first kappa shape index (κ1) is 23.8. The van der Waals surface area contributed by atoms with Crippen LogP contribution in [-0.4, -0.2) is 28.2 Å². The second-order valence-corrected chi connectivity index (χ2v) is 7.20. The van der Waals surface area contributed by atoms with Crippen molar-refractivity contribution in [3.05, 3.63) is 66.4 Å². The standard InChI is InChI=1S/C22H19F3N6O4/c1-3-19(32)27-13-6-7-18(34-2)16(8-13)29-21-26-10-15(22(23,24)25)20(30-21)28-14-5-4-12-11-35-31(33)17(12)9-14/h3-10,33H,1,11H2,2H3,(H,27,32)(H2,26,28,29,30). The fourth-order valence-corrected chi connectivity index (χ4v) is 3.22. The van der Waals surface area contributed by atoms with Crippen LogP contribution in [0.4, 0.5) is 47.7 Å². The summed E-state index contributed by atoms with van der Waals surface area (Å²) in [7, 11) is 1.41. The molecule has 4 rings (SSSR count). The Kier molecular flexibility index (Phi) is 6.44. The van der Waals surface area contributed by atoms with Crippen LogP contribution in [0.3, 0.4) is 0 Å². The summed E-state index contributed by atoms with van der Waals surface area (Å²) in [6.07, 6.45) is -3.01. The molecule has 35 heavy (non-hydrogen) atoms. The number of alkyl halides is 3. The number of anilines is 6. The molecular formula is C22H19F3N6O4. The van der Waals surface area contributed by atoms with E-state index in [9.17, 15) is 23.2 Å². The Bertz CT molecular complexity index is 1280. The predicted molar refractivity (Wildman–Crippen MR) is 121 cm³/mol. The van der Waals surface area contributed by atoms with Crippen molar-refractivity contribution in [3.8, 4) is 5.75 Å². The van der Waals surface area contributed by atoms with Crippen molar-refractivity contribution in [3.63, 3.8) is 0 Å². The van der Waals surface area contributed by atoms with E-state index >= 15 is 0 Å². The van der Waals surface area contributed by atoms with Crippen LogP contribution in [0.25, 0.3) is 0 Å². The van der Waals surface area contributed by atoms with E-state index in [1.807, 2.05) is 0 Å². The second-order valence-electron chi connectivity index (χ2n) is 7.20. The predicted octanol–water partition coefficient (Wildman–Crippen LogP) is 4.76. The van der Waals surface area contributed by atoms with Gasteiger partial charge in [0.05, 0.1) is 12.8 Å². The van der Waals surface area contributed by atoms with Gasteiger partial charge in [0.15, 0.2) is 0 Å². The first-order valence-electron chi connectivity index (χ1n) is 10.0. The molecule has 0 atom stereocenters. The summed E-state index contributed by atoms with van der Waals surface area (Å²) in [5, 5.41) is 18.3. The molecule has 0 unspecified atom stereocenters. The number of halogens is 3. The Morgan fingerprint density at radius 3 is 2.71 bits per heavy atom. The first-order valence-corrected chi connectivity index (χ1v) is 10.0. The Balaban J connectivity index is 1.67. The summed E-state index contributed by atoms with van der Waals surface area (Å²) in [5.74, 6) is -0.798. The number of carbonyl (C=O) groups is 1. The monoisotopic (exact) mass is 488 g/mol. The van der Waals surface area contributed by atoms with E-state index in [1.165, 1.54) is 25.3 Å². The highest BCUT2D eigenvalue weighted by Gasteiger charge is 2.35. The Labute approximate surface area is 196 Å². The number of nitrogens with one attached hydrogen (secondary N) is 3. The lowest BCUT2D eigenvalue weighted by atomic mass is 10.1. The molecule has 1 aliphatic heterocycles. The van der Waals surface area contributed by atoms with Crippen molar-refractivity contribution in [1.82, 2.24) is 9.97 Å². The van der Waals surface area contributed by atoms with Gasteiger partial charge >= 0.3 is 6.18 Å².